The van der Waals surface area contributed by atoms with Crippen molar-refractivity contribution in [1.29, 1.82) is 5.26 Å². The molecule has 0 fully saturated rings. The summed E-state index contributed by atoms with van der Waals surface area (Å²) in [5, 5.41) is 12.1. The fourth-order valence-corrected chi connectivity index (χ4v) is 2.44. The van der Waals surface area contributed by atoms with Crippen LogP contribution < -0.4 is 10.1 Å². The Hall–Kier alpha value is -2.84. The van der Waals surface area contributed by atoms with Gasteiger partial charge in [0.15, 0.2) is 0 Å². The van der Waals surface area contributed by atoms with Gasteiger partial charge in [-0.3, -0.25) is 4.79 Å². The Balaban J connectivity index is 2.03. The number of hydrogen-bond acceptors (Lipinski definition) is 4. The van der Waals surface area contributed by atoms with E-state index in [2.05, 4.69) is 11.4 Å². The van der Waals surface area contributed by atoms with E-state index >= 15 is 0 Å². The van der Waals surface area contributed by atoms with Crippen LogP contribution in [-0.4, -0.2) is 19.6 Å². The van der Waals surface area contributed by atoms with Gasteiger partial charge in [0, 0.05) is 12.8 Å². The van der Waals surface area contributed by atoms with Gasteiger partial charge in [-0.1, -0.05) is 24.3 Å². The topological polar surface area (TPSA) is 71.3 Å². The van der Waals surface area contributed by atoms with E-state index in [0.29, 0.717) is 18.0 Å². The minimum Gasteiger partial charge on any atom is -0.489 e. The van der Waals surface area contributed by atoms with Crippen molar-refractivity contribution in [3.8, 4) is 11.8 Å². The number of carbonyl (C=O) groups excluding carboxylic acids is 1. The molecule has 0 saturated carbocycles. The molecule has 1 amide bonds. The molecule has 0 spiro atoms. The summed E-state index contributed by atoms with van der Waals surface area (Å²) in [5.41, 5.74) is 2.04. The maximum atomic E-state index is 11.5. The third-order valence-corrected chi connectivity index (χ3v) is 3.78. The highest BCUT2D eigenvalue weighted by Gasteiger charge is 2.22. The number of benzene rings is 2. The molecular weight excluding hydrogens is 316 g/mol. The van der Waals surface area contributed by atoms with Crippen LogP contribution in [0.4, 0.5) is 5.69 Å². The SMILES string of the molecule is COCC(=O)Nc1ccc(OCc2ccccc2C(C)(C)C#N)cc1. The predicted octanol–water partition coefficient (Wildman–Crippen LogP) is 3.65. The first-order valence-corrected chi connectivity index (χ1v) is 7.97. The Morgan fingerprint density at radius 2 is 1.84 bits per heavy atom. The lowest BCUT2D eigenvalue weighted by atomic mass is 9.83. The standard InChI is InChI=1S/C20H22N2O3/c1-20(2,14-21)18-7-5-4-6-15(18)12-25-17-10-8-16(9-11-17)22-19(23)13-24-3/h4-11H,12-13H2,1-3H3,(H,22,23). The van der Waals surface area contributed by atoms with E-state index in [4.69, 9.17) is 9.47 Å². The second-order valence-electron chi connectivity index (χ2n) is 6.19. The molecule has 0 aliphatic heterocycles. The third kappa shape index (κ3) is 5.07. The largest absolute Gasteiger partial charge is 0.489 e. The summed E-state index contributed by atoms with van der Waals surface area (Å²) in [5.74, 6) is 0.484. The zero-order valence-electron chi connectivity index (χ0n) is 14.7. The molecular formula is C20H22N2O3. The Labute approximate surface area is 148 Å². The normalized spacial score (nSPS) is 10.8. The number of ether oxygens (including phenoxy) is 2. The monoisotopic (exact) mass is 338 g/mol. The molecule has 0 bridgehead atoms. The van der Waals surface area contributed by atoms with Crippen LogP contribution in [0.25, 0.3) is 0 Å². The summed E-state index contributed by atoms with van der Waals surface area (Å²) in [4.78, 5) is 11.5. The van der Waals surface area contributed by atoms with Gasteiger partial charge in [-0.2, -0.15) is 5.26 Å². The molecule has 5 heteroatoms. The Morgan fingerprint density at radius 3 is 2.48 bits per heavy atom. The Morgan fingerprint density at radius 1 is 1.16 bits per heavy atom. The summed E-state index contributed by atoms with van der Waals surface area (Å²) in [6, 6.07) is 17.2. The first kappa shape index (κ1) is 18.5. The molecule has 1 N–H and O–H groups in total. The minimum atomic E-state index is -0.574. The van der Waals surface area contributed by atoms with Gasteiger partial charge in [0.1, 0.15) is 19.0 Å². The van der Waals surface area contributed by atoms with Crippen LogP contribution in [0.15, 0.2) is 48.5 Å². The highest BCUT2D eigenvalue weighted by Crippen LogP contribution is 2.27. The molecule has 2 aromatic carbocycles. The molecule has 130 valence electrons. The molecule has 0 unspecified atom stereocenters. The number of carbonyl (C=O) groups is 1. The molecule has 0 aromatic heterocycles. The number of rotatable bonds is 7. The van der Waals surface area contributed by atoms with Gasteiger partial charge in [-0.05, 0) is 49.2 Å². The lowest BCUT2D eigenvalue weighted by Gasteiger charge is -2.20. The first-order valence-electron chi connectivity index (χ1n) is 7.97. The summed E-state index contributed by atoms with van der Waals surface area (Å²) >= 11 is 0. The Bertz CT molecular complexity index is 761. The number of anilines is 1. The van der Waals surface area contributed by atoms with Crippen LogP contribution >= 0.6 is 0 Å². The number of amides is 1. The van der Waals surface area contributed by atoms with Gasteiger partial charge in [0.05, 0.1) is 11.5 Å². The molecule has 0 aliphatic rings. The van der Waals surface area contributed by atoms with Gasteiger partial charge in [0.2, 0.25) is 5.91 Å². The summed E-state index contributed by atoms with van der Waals surface area (Å²) in [6.07, 6.45) is 0. The van der Waals surface area contributed by atoms with Gasteiger partial charge in [-0.15, -0.1) is 0 Å². The molecule has 0 heterocycles. The molecule has 2 rings (SSSR count). The van der Waals surface area contributed by atoms with Crippen LogP contribution in [0.5, 0.6) is 5.75 Å². The van der Waals surface area contributed by atoms with Crippen molar-refractivity contribution in [1.82, 2.24) is 0 Å². The number of nitrogens with zero attached hydrogens (tertiary/aromatic N) is 1. The zero-order valence-corrected chi connectivity index (χ0v) is 14.7. The smallest absolute Gasteiger partial charge is 0.250 e. The quantitative estimate of drug-likeness (QED) is 0.836. The first-order chi connectivity index (χ1) is 12.0. The van der Waals surface area contributed by atoms with Crippen molar-refractivity contribution in [2.75, 3.05) is 19.0 Å². The van der Waals surface area contributed by atoms with E-state index in [-0.39, 0.29) is 12.5 Å². The average Bonchev–Trinajstić information content (AvgIpc) is 2.61. The second-order valence-corrected chi connectivity index (χ2v) is 6.19. The van der Waals surface area contributed by atoms with E-state index in [1.807, 2.05) is 38.1 Å². The van der Waals surface area contributed by atoms with Crippen molar-refractivity contribution in [2.45, 2.75) is 25.9 Å². The van der Waals surface area contributed by atoms with E-state index in [0.717, 1.165) is 11.1 Å². The van der Waals surface area contributed by atoms with Gasteiger partial charge < -0.3 is 14.8 Å². The van der Waals surface area contributed by atoms with Crippen LogP contribution in [-0.2, 0) is 21.6 Å². The second kappa shape index (κ2) is 8.32. The minimum absolute atomic E-state index is 0.0176. The van der Waals surface area contributed by atoms with Crippen molar-refractivity contribution < 1.29 is 14.3 Å². The lowest BCUT2D eigenvalue weighted by Crippen LogP contribution is -2.17. The van der Waals surface area contributed by atoms with Crippen LogP contribution in [0, 0.1) is 11.3 Å². The number of nitrogens with one attached hydrogen (secondary N) is 1. The van der Waals surface area contributed by atoms with Gasteiger partial charge >= 0.3 is 0 Å². The zero-order chi connectivity index (χ0) is 18.3. The van der Waals surface area contributed by atoms with Crippen molar-refractivity contribution in [3.05, 3.63) is 59.7 Å². The summed E-state index contributed by atoms with van der Waals surface area (Å²) in [7, 11) is 1.47. The van der Waals surface area contributed by atoms with Gasteiger partial charge in [-0.25, -0.2) is 0 Å². The summed E-state index contributed by atoms with van der Waals surface area (Å²) in [6.45, 7) is 4.17. The van der Waals surface area contributed by atoms with E-state index in [1.54, 1.807) is 24.3 Å². The van der Waals surface area contributed by atoms with E-state index < -0.39 is 5.41 Å². The number of hydrogen-bond donors (Lipinski definition) is 1. The van der Waals surface area contributed by atoms with Crippen LogP contribution in [0.2, 0.25) is 0 Å². The molecule has 25 heavy (non-hydrogen) atoms. The fourth-order valence-electron chi connectivity index (χ4n) is 2.44. The molecule has 0 atom stereocenters. The van der Waals surface area contributed by atoms with Crippen molar-refractivity contribution in [2.24, 2.45) is 0 Å². The van der Waals surface area contributed by atoms with Crippen molar-refractivity contribution in [3.63, 3.8) is 0 Å². The molecule has 0 aliphatic carbocycles. The highest BCUT2D eigenvalue weighted by atomic mass is 16.5. The number of methoxy groups -OCH3 is 1. The molecule has 0 radical (unpaired) electrons. The number of nitriles is 1. The highest BCUT2D eigenvalue weighted by molar-refractivity contribution is 5.91. The summed E-state index contributed by atoms with van der Waals surface area (Å²) < 4.78 is 10.6. The van der Waals surface area contributed by atoms with Crippen LogP contribution in [0.3, 0.4) is 0 Å². The Kier molecular flexibility index (Phi) is 6.15. The fraction of sp³-hybridized carbons (Fsp3) is 0.300. The van der Waals surface area contributed by atoms with E-state index in [9.17, 15) is 10.1 Å². The third-order valence-electron chi connectivity index (χ3n) is 3.78. The molecule has 0 saturated heterocycles. The average molecular weight is 338 g/mol. The van der Waals surface area contributed by atoms with E-state index in [1.165, 1.54) is 7.11 Å². The molecule has 5 nitrogen and oxygen atoms in total. The predicted molar refractivity (Wildman–Crippen MR) is 96.4 cm³/mol. The van der Waals surface area contributed by atoms with Crippen LogP contribution in [0.1, 0.15) is 25.0 Å². The van der Waals surface area contributed by atoms with Crippen molar-refractivity contribution >= 4 is 11.6 Å². The van der Waals surface area contributed by atoms with Gasteiger partial charge in [0.25, 0.3) is 0 Å². The lowest BCUT2D eigenvalue weighted by molar-refractivity contribution is -0.119. The maximum absolute atomic E-state index is 11.5. The maximum Gasteiger partial charge on any atom is 0.250 e. The molecule has 2 aromatic rings.